The smallest absolute Gasteiger partial charge is 0.242 e. The third-order valence-corrected chi connectivity index (χ3v) is 3.96. The van der Waals surface area contributed by atoms with E-state index in [1.807, 2.05) is 29.0 Å². The number of aromatic nitrogens is 3. The van der Waals surface area contributed by atoms with Gasteiger partial charge in [0, 0.05) is 18.1 Å². The molecule has 0 bridgehead atoms. The van der Waals surface area contributed by atoms with Crippen molar-refractivity contribution < 1.29 is 4.79 Å². The average Bonchev–Trinajstić information content (AvgIpc) is 3.06. The Morgan fingerprint density at radius 2 is 2.35 bits per heavy atom. The highest BCUT2D eigenvalue weighted by Gasteiger charge is 2.11. The molecule has 0 radical (unpaired) electrons. The number of fused-ring (bicyclic) bond motifs is 1. The van der Waals surface area contributed by atoms with Crippen LogP contribution in [-0.2, 0) is 4.79 Å². The molecular formula is C13H11ClN4OS. The quantitative estimate of drug-likeness (QED) is 0.757. The van der Waals surface area contributed by atoms with Gasteiger partial charge in [-0.3, -0.25) is 9.36 Å². The van der Waals surface area contributed by atoms with Gasteiger partial charge in [-0.1, -0.05) is 11.3 Å². The second-order valence-electron chi connectivity index (χ2n) is 4.25. The Morgan fingerprint density at radius 3 is 3.05 bits per heavy atom. The first-order valence-electron chi connectivity index (χ1n) is 5.97. The van der Waals surface area contributed by atoms with Gasteiger partial charge in [0.2, 0.25) is 5.91 Å². The van der Waals surface area contributed by atoms with Crippen LogP contribution in [0.3, 0.4) is 0 Å². The maximum atomic E-state index is 11.6. The van der Waals surface area contributed by atoms with E-state index in [-0.39, 0.29) is 5.91 Å². The maximum absolute atomic E-state index is 11.6. The second kappa shape index (κ2) is 5.22. The van der Waals surface area contributed by atoms with E-state index < -0.39 is 5.38 Å². The topological polar surface area (TPSA) is 59.8 Å². The van der Waals surface area contributed by atoms with Crippen molar-refractivity contribution in [1.29, 1.82) is 0 Å². The summed E-state index contributed by atoms with van der Waals surface area (Å²) in [6, 6.07) is 5.59. The van der Waals surface area contributed by atoms with Crippen LogP contribution in [0.1, 0.15) is 6.92 Å². The highest BCUT2D eigenvalue weighted by molar-refractivity contribution is 7.20. The van der Waals surface area contributed by atoms with E-state index >= 15 is 0 Å². The molecule has 0 aliphatic heterocycles. The summed E-state index contributed by atoms with van der Waals surface area (Å²) in [6.45, 7) is 1.64. The van der Waals surface area contributed by atoms with E-state index in [1.165, 1.54) is 11.3 Å². The zero-order chi connectivity index (χ0) is 14.1. The molecule has 0 saturated heterocycles. The van der Waals surface area contributed by atoms with Crippen LogP contribution in [0, 0.1) is 0 Å². The number of nitrogens with zero attached hydrogens (tertiary/aromatic N) is 3. The summed E-state index contributed by atoms with van der Waals surface area (Å²) < 4.78 is 2.85. The zero-order valence-electron chi connectivity index (χ0n) is 10.6. The number of halogens is 1. The molecule has 102 valence electrons. The van der Waals surface area contributed by atoms with Gasteiger partial charge in [-0.15, -0.1) is 11.6 Å². The number of carbonyl (C=O) groups is 1. The molecule has 20 heavy (non-hydrogen) atoms. The SMILES string of the molecule is CC(Cl)C(=O)Nc1ccc2nc(-n3ccnc3)sc2c1. The lowest BCUT2D eigenvalue weighted by molar-refractivity contribution is -0.115. The third-order valence-electron chi connectivity index (χ3n) is 2.73. The molecule has 1 atom stereocenters. The van der Waals surface area contributed by atoms with Gasteiger partial charge in [0.15, 0.2) is 5.13 Å². The van der Waals surface area contributed by atoms with Crippen molar-refractivity contribution in [2.24, 2.45) is 0 Å². The Kier molecular flexibility index (Phi) is 3.42. The van der Waals surface area contributed by atoms with E-state index in [0.29, 0.717) is 0 Å². The standard InChI is InChI=1S/C13H11ClN4OS/c1-8(14)12(19)16-9-2-3-10-11(6-9)20-13(17-10)18-5-4-15-7-18/h2-8H,1H3,(H,16,19). The lowest BCUT2D eigenvalue weighted by atomic mass is 10.3. The van der Waals surface area contributed by atoms with Crippen molar-refractivity contribution in [2.45, 2.75) is 12.3 Å². The van der Waals surface area contributed by atoms with Crippen LogP contribution in [0.4, 0.5) is 5.69 Å². The molecule has 2 heterocycles. The van der Waals surface area contributed by atoms with Crippen LogP contribution in [0.2, 0.25) is 0 Å². The molecule has 0 spiro atoms. The van der Waals surface area contributed by atoms with Crippen LogP contribution >= 0.6 is 22.9 Å². The molecule has 2 aromatic heterocycles. The summed E-state index contributed by atoms with van der Waals surface area (Å²) in [4.78, 5) is 20.1. The number of amides is 1. The van der Waals surface area contributed by atoms with Crippen LogP contribution < -0.4 is 5.32 Å². The van der Waals surface area contributed by atoms with Crippen molar-refractivity contribution in [2.75, 3.05) is 5.32 Å². The van der Waals surface area contributed by atoms with Crippen molar-refractivity contribution in [3.05, 3.63) is 36.9 Å². The van der Waals surface area contributed by atoms with Gasteiger partial charge in [0.05, 0.1) is 10.2 Å². The largest absolute Gasteiger partial charge is 0.325 e. The molecule has 1 amide bonds. The number of thiazole rings is 1. The van der Waals surface area contributed by atoms with Gasteiger partial charge < -0.3 is 5.32 Å². The molecule has 1 unspecified atom stereocenters. The van der Waals surface area contributed by atoms with Crippen molar-refractivity contribution in [1.82, 2.24) is 14.5 Å². The average molecular weight is 307 g/mol. The summed E-state index contributed by atoms with van der Waals surface area (Å²) in [6.07, 6.45) is 5.25. The Balaban J connectivity index is 1.93. The summed E-state index contributed by atoms with van der Waals surface area (Å²) in [5.74, 6) is -0.217. The first kappa shape index (κ1) is 13.1. The maximum Gasteiger partial charge on any atom is 0.242 e. The number of benzene rings is 1. The minimum absolute atomic E-state index is 0.217. The van der Waals surface area contributed by atoms with Crippen LogP contribution in [-0.4, -0.2) is 25.8 Å². The summed E-state index contributed by atoms with van der Waals surface area (Å²) in [7, 11) is 0. The van der Waals surface area contributed by atoms with E-state index in [9.17, 15) is 4.79 Å². The van der Waals surface area contributed by atoms with Crippen LogP contribution in [0.5, 0.6) is 0 Å². The van der Waals surface area contributed by atoms with Crippen LogP contribution in [0.15, 0.2) is 36.9 Å². The number of hydrogen-bond donors (Lipinski definition) is 1. The van der Waals surface area contributed by atoms with E-state index in [1.54, 1.807) is 19.4 Å². The Morgan fingerprint density at radius 1 is 1.50 bits per heavy atom. The van der Waals surface area contributed by atoms with Crippen molar-refractivity contribution in [3.63, 3.8) is 0 Å². The monoisotopic (exact) mass is 306 g/mol. The van der Waals surface area contributed by atoms with E-state index in [2.05, 4.69) is 15.3 Å². The number of alkyl halides is 1. The van der Waals surface area contributed by atoms with Crippen LogP contribution in [0.25, 0.3) is 15.3 Å². The fourth-order valence-corrected chi connectivity index (χ4v) is 2.73. The molecule has 0 aliphatic carbocycles. The highest BCUT2D eigenvalue weighted by atomic mass is 35.5. The normalized spacial score (nSPS) is 12.5. The molecule has 0 saturated carbocycles. The fourth-order valence-electron chi connectivity index (χ4n) is 1.71. The van der Waals surface area contributed by atoms with Gasteiger partial charge >= 0.3 is 0 Å². The highest BCUT2D eigenvalue weighted by Crippen LogP contribution is 2.27. The number of imidazole rings is 1. The Hall–Kier alpha value is -1.92. The second-order valence-corrected chi connectivity index (χ2v) is 5.92. The lowest BCUT2D eigenvalue weighted by Crippen LogP contribution is -2.20. The fraction of sp³-hybridized carbons (Fsp3) is 0.154. The van der Waals surface area contributed by atoms with E-state index in [0.717, 1.165) is 21.0 Å². The summed E-state index contributed by atoms with van der Waals surface area (Å²) in [5, 5.41) is 3.04. The molecule has 1 N–H and O–H groups in total. The molecule has 3 rings (SSSR count). The molecule has 0 aliphatic rings. The van der Waals surface area contributed by atoms with Gasteiger partial charge in [-0.25, -0.2) is 9.97 Å². The number of hydrogen-bond acceptors (Lipinski definition) is 4. The molecule has 5 nitrogen and oxygen atoms in total. The molecule has 1 aromatic carbocycles. The summed E-state index contributed by atoms with van der Waals surface area (Å²) in [5.41, 5.74) is 1.60. The zero-order valence-corrected chi connectivity index (χ0v) is 12.1. The number of nitrogens with one attached hydrogen (secondary N) is 1. The predicted molar refractivity (Wildman–Crippen MR) is 80.7 cm³/mol. The van der Waals surface area contributed by atoms with Gasteiger partial charge in [-0.05, 0) is 25.1 Å². The summed E-state index contributed by atoms with van der Waals surface area (Å²) >= 11 is 7.27. The van der Waals surface area contributed by atoms with Crippen molar-refractivity contribution in [3.8, 4) is 5.13 Å². The lowest BCUT2D eigenvalue weighted by Gasteiger charge is -2.05. The Labute approximate surface area is 124 Å². The minimum Gasteiger partial charge on any atom is -0.325 e. The minimum atomic E-state index is -0.561. The predicted octanol–water partition coefficient (Wildman–Crippen LogP) is 3.05. The van der Waals surface area contributed by atoms with Gasteiger partial charge in [0.1, 0.15) is 11.7 Å². The van der Waals surface area contributed by atoms with Crippen molar-refractivity contribution >= 4 is 44.7 Å². The third kappa shape index (κ3) is 2.52. The Bertz CT molecular complexity index is 751. The number of rotatable bonds is 3. The van der Waals surface area contributed by atoms with E-state index in [4.69, 9.17) is 11.6 Å². The molecule has 7 heteroatoms. The number of carbonyl (C=O) groups excluding carboxylic acids is 1. The number of anilines is 1. The first-order chi connectivity index (χ1) is 9.63. The molecule has 0 fully saturated rings. The molecule has 3 aromatic rings. The first-order valence-corrected chi connectivity index (χ1v) is 7.22. The van der Waals surface area contributed by atoms with Gasteiger partial charge in [-0.2, -0.15) is 0 Å². The molecular weight excluding hydrogens is 296 g/mol. The van der Waals surface area contributed by atoms with Gasteiger partial charge in [0.25, 0.3) is 0 Å².